The molecule has 3 nitrogen and oxygen atoms in total. The van der Waals surface area contributed by atoms with Crippen molar-refractivity contribution < 1.29 is 13.9 Å². The number of benzene rings is 2. The molecule has 2 aromatic rings. The quantitative estimate of drug-likeness (QED) is 0.859. The SMILES string of the molecule is Cc1cc(Cl)c(C=CCNC(=O)OCc2ccccc2)cc1F. The highest BCUT2D eigenvalue weighted by atomic mass is 35.5. The molecule has 0 radical (unpaired) electrons. The van der Waals surface area contributed by atoms with Crippen molar-refractivity contribution in [2.75, 3.05) is 6.54 Å². The summed E-state index contributed by atoms with van der Waals surface area (Å²) in [6.07, 6.45) is 2.82. The van der Waals surface area contributed by atoms with Gasteiger partial charge in [-0.05, 0) is 35.7 Å². The van der Waals surface area contributed by atoms with Gasteiger partial charge >= 0.3 is 6.09 Å². The average molecular weight is 334 g/mol. The number of halogens is 2. The van der Waals surface area contributed by atoms with E-state index in [-0.39, 0.29) is 19.0 Å². The Morgan fingerprint density at radius 1 is 1.30 bits per heavy atom. The fraction of sp³-hybridized carbons (Fsp3) is 0.167. The molecule has 0 heterocycles. The molecule has 0 saturated carbocycles. The lowest BCUT2D eigenvalue weighted by Crippen LogP contribution is -2.24. The molecule has 0 aliphatic rings. The van der Waals surface area contributed by atoms with Gasteiger partial charge in [-0.25, -0.2) is 9.18 Å². The number of hydrogen-bond acceptors (Lipinski definition) is 2. The highest BCUT2D eigenvalue weighted by Crippen LogP contribution is 2.21. The Kier molecular flexibility index (Phi) is 6.18. The third-order valence-corrected chi connectivity index (χ3v) is 3.48. The van der Waals surface area contributed by atoms with Crippen molar-refractivity contribution in [1.29, 1.82) is 0 Å². The van der Waals surface area contributed by atoms with Crippen LogP contribution >= 0.6 is 11.6 Å². The zero-order chi connectivity index (χ0) is 16.7. The first-order chi connectivity index (χ1) is 11.1. The number of amides is 1. The second kappa shape index (κ2) is 8.34. The van der Waals surface area contributed by atoms with E-state index in [0.29, 0.717) is 16.1 Å². The van der Waals surface area contributed by atoms with Crippen LogP contribution in [-0.2, 0) is 11.3 Å². The summed E-state index contributed by atoms with van der Waals surface area (Å²) in [6, 6.07) is 12.3. The minimum Gasteiger partial charge on any atom is -0.445 e. The summed E-state index contributed by atoms with van der Waals surface area (Å²) >= 11 is 6.03. The minimum atomic E-state index is -0.514. The van der Waals surface area contributed by atoms with Crippen molar-refractivity contribution in [3.05, 3.63) is 76.1 Å². The summed E-state index contributed by atoms with van der Waals surface area (Å²) < 4.78 is 18.5. The highest BCUT2D eigenvalue weighted by molar-refractivity contribution is 6.32. The standard InChI is InChI=1S/C18H17ClFNO2/c1-13-10-16(19)15(11-17(13)20)8-5-9-21-18(22)23-12-14-6-3-2-4-7-14/h2-8,10-11H,9,12H2,1H3,(H,21,22). The fourth-order valence-electron chi connectivity index (χ4n) is 1.89. The lowest BCUT2D eigenvalue weighted by molar-refractivity contribution is 0.141. The molecule has 0 atom stereocenters. The lowest BCUT2D eigenvalue weighted by atomic mass is 10.1. The molecule has 0 aromatic heterocycles. The van der Waals surface area contributed by atoms with Gasteiger partial charge in [-0.15, -0.1) is 0 Å². The topological polar surface area (TPSA) is 38.3 Å². The van der Waals surface area contributed by atoms with Gasteiger partial charge in [-0.1, -0.05) is 54.1 Å². The van der Waals surface area contributed by atoms with Crippen LogP contribution in [0.4, 0.5) is 9.18 Å². The summed E-state index contributed by atoms with van der Waals surface area (Å²) in [6.45, 7) is 2.13. The molecule has 0 unspecified atom stereocenters. The number of hydrogen-bond donors (Lipinski definition) is 1. The average Bonchev–Trinajstić information content (AvgIpc) is 2.55. The van der Waals surface area contributed by atoms with Crippen LogP contribution in [0.2, 0.25) is 5.02 Å². The van der Waals surface area contributed by atoms with E-state index in [2.05, 4.69) is 5.32 Å². The zero-order valence-corrected chi connectivity index (χ0v) is 13.4. The fourth-order valence-corrected chi connectivity index (χ4v) is 2.17. The summed E-state index contributed by atoms with van der Waals surface area (Å²) in [5, 5.41) is 3.05. The predicted molar refractivity (Wildman–Crippen MR) is 89.8 cm³/mol. The van der Waals surface area contributed by atoms with Crippen LogP contribution in [0.3, 0.4) is 0 Å². The number of nitrogens with one attached hydrogen (secondary N) is 1. The van der Waals surface area contributed by atoms with Gasteiger partial charge in [0.05, 0.1) is 0 Å². The molecule has 0 spiro atoms. The van der Waals surface area contributed by atoms with Gasteiger partial charge in [0, 0.05) is 11.6 Å². The van der Waals surface area contributed by atoms with Gasteiger partial charge in [-0.2, -0.15) is 0 Å². The van der Waals surface area contributed by atoms with E-state index in [0.717, 1.165) is 5.56 Å². The Hall–Kier alpha value is -2.33. The number of ether oxygens (including phenoxy) is 1. The van der Waals surface area contributed by atoms with Crippen LogP contribution in [0.5, 0.6) is 0 Å². The third-order valence-electron chi connectivity index (χ3n) is 3.15. The van der Waals surface area contributed by atoms with E-state index in [4.69, 9.17) is 16.3 Å². The Labute approximate surface area is 139 Å². The molecular weight excluding hydrogens is 317 g/mol. The van der Waals surface area contributed by atoms with E-state index in [9.17, 15) is 9.18 Å². The summed E-state index contributed by atoms with van der Waals surface area (Å²) in [4.78, 5) is 11.5. The molecule has 0 aliphatic carbocycles. The summed E-state index contributed by atoms with van der Waals surface area (Å²) in [5.41, 5.74) is 1.98. The molecule has 0 bridgehead atoms. The molecule has 0 aliphatic heterocycles. The molecule has 23 heavy (non-hydrogen) atoms. The van der Waals surface area contributed by atoms with Gasteiger partial charge in [0.15, 0.2) is 0 Å². The molecule has 2 aromatic carbocycles. The normalized spacial score (nSPS) is 10.7. The van der Waals surface area contributed by atoms with Gasteiger partial charge < -0.3 is 10.1 Å². The molecule has 2 rings (SSSR count). The van der Waals surface area contributed by atoms with E-state index in [1.54, 1.807) is 25.1 Å². The van der Waals surface area contributed by atoms with Gasteiger partial charge in [0.2, 0.25) is 0 Å². The van der Waals surface area contributed by atoms with Crippen molar-refractivity contribution in [3.8, 4) is 0 Å². The second-order valence-corrected chi connectivity index (χ2v) is 5.38. The Morgan fingerprint density at radius 2 is 2.04 bits per heavy atom. The van der Waals surface area contributed by atoms with Crippen LogP contribution in [0.15, 0.2) is 48.5 Å². The maximum absolute atomic E-state index is 13.5. The number of carbonyl (C=O) groups is 1. The highest BCUT2D eigenvalue weighted by Gasteiger charge is 2.03. The first-order valence-corrected chi connectivity index (χ1v) is 7.51. The smallest absolute Gasteiger partial charge is 0.407 e. The van der Waals surface area contributed by atoms with Crippen molar-refractivity contribution in [2.45, 2.75) is 13.5 Å². The molecule has 1 amide bonds. The minimum absolute atomic E-state index is 0.214. The van der Waals surface area contributed by atoms with Crippen molar-refractivity contribution in [1.82, 2.24) is 5.32 Å². The Balaban J connectivity index is 1.78. The van der Waals surface area contributed by atoms with E-state index in [1.807, 2.05) is 30.3 Å². The first kappa shape index (κ1) is 17.0. The molecule has 1 N–H and O–H groups in total. The largest absolute Gasteiger partial charge is 0.445 e. The van der Waals surface area contributed by atoms with E-state index in [1.165, 1.54) is 6.07 Å². The second-order valence-electron chi connectivity index (χ2n) is 4.97. The first-order valence-electron chi connectivity index (χ1n) is 7.13. The molecule has 120 valence electrons. The molecule has 5 heteroatoms. The molecular formula is C18H17ClFNO2. The molecule has 0 saturated heterocycles. The summed E-state index contributed by atoms with van der Waals surface area (Å²) in [5.74, 6) is -0.315. The van der Waals surface area contributed by atoms with Crippen molar-refractivity contribution in [2.24, 2.45) is 0 Å². The van der Waals surface area contributed by atoms with Crippen molar-refractivity contribution >= 4 is 23.8 Å². The maximum Gasteiger partial charge on any atom is 0.407 e. The monoisotopic (exact) mass is 333 g/mol. The van der Waals surface area contributed by atoms with E-state index >= 15 is 0 Å². The number of carbonyl (C=O) groups excluding carboxylic acids is 1. The predicted octanol–water partition coefficient (Wildman–Crippen LogP) is 4.73. The van der Waals surface area contributed by atoms with Crippen LogP contribution in [0.1, 0.15) is 16.7 Å². The number of aryl methyl sites for hydroxylation is 1. The third kappa shape index (κ3) is 5.42. The van der Waals surface area contributed by atoms with Gasteiger partial charge in [-0.3, -0.25) is 0 Å². The lowest BCUT2D eigenvalue weighted by Gasteiger charge is -2.05. The van der Waals surface area contributed by atoms with Crippen LogP contribution in [-0.4, -0.2) is 12.6 Å². The van der Waals surface area contributed by atoms with Gasteiger partial charge in [0.25, 0.3) is 0 Å². The summed E-state index contributed by atoms with van der Waals surface area (Å²) in [7, 11) is 0. The molecule has 0 fully saturated rings. The maximum atomic E-state index is 13.5. The van der Waals surface area contributed by atoms with Crippen LogP contribution in [0.25, 0.3) is 6.08 Å². The number of alkyl carbamates (subject to hydrolysis) is 1. The van der Waals surface area contributed by atoms with E-state index < -0.39 is 6.09 Å². The Morgan fingerprint density at radius 3 is 2.78 bits per heavy atom. The number of rotatable bonds is 5. The van der Waals surface area contributed by atoms with Crippen molar-refractivity contribution in [3.63, 3.8) is 0 Å². The van der Waals surface area contributed by atoms with Gasteiger partial charge in [0.1, 0.15) is 12.4 Å². The van der Waals surface area contributed by atoms with Crippen LogP contribution in [0, 0.1) is 12.7 Å². The zero-order valence-electron chi connectivity index (χ0n) is 12.7. The van der Waals surface area contributed by atoms with Crippen LogP contribution < -0.4 is 5.32 Å². The Bertz CT molecular complexity index is 702.